The Morgan fingerprint density at radius 3 is 2.00 bits per heavy atom. The van der Waals surface area contributed by atoms with Crippen molar-refractivity contribution < 1.29 is 24.6 Å². The molecule has 0 bridgehead atoms. The van der Waals surface area contributed by atoms with Gasteiger partial charge in [-0.15, -0.1) is 0 Å². The number of carboxylic acids is 2. The second-order valence-corrected chi connectivity index (χ2v) is 3.80. The monoisotopic (exact) mass is 261 g/mol. The summed E-state index contributed by atoms with van der Waals surface area (Å²) in [6, 6.07) is -0.601. The van der Waals surface area contributed by atoms with Gasteiger partial charge >= 0.3 is 18.0 Å². The van der Waals surface area contributed by atoms with E-state index < -0.39 is 31.1 Å². The number of hydrogen-bond donors (Lipinski definition) is 3. The first-order valence-electron chi connectivity index (χ1n) is 5.46. The number of aliphatic carboxylic acids is 2. The van der Waals surface area contributed by atoms with E-state index >= 15 is 0 Å². The highest BCUT2D eigenvalue weighted by Gasteiger charge is 2.22. The van der Waals surface area contributed by atoms with Gasteiger partial charge in [-0.25, -0.2) is 4.79 Å². The Labute approximate surface area is 105 Å². The number of nitrogens with one attached hydrogen (secondary N) is 1. The maximum atomic E-state index is 11.8. The van der Waals surface area contributed by atoms with E-state index in [0.717, 1.165) is 11.4 Å². The van der Waals surface area contributed by atoms with E-state index in [-0.39, 0.29) is 0 Å². The summed E-state index contributed by atoms with van der Waals surface area (Å²) in [5, 5.41) is 20.2. The fourth-order valence-corrected chi connectivity index (χ4v) is 1.35. The molecule has 2 amide bonds. The highest BCUT2D eigenvalue weighted by Crippen LogP contribution is 1.98. The van der Waals surface area contributed by atoms with Crippen molar-refractivity contribution in [1.29, 1.82) is 0 Å². The minimum atomic E-state index is -1.24. The van der Waals surface area contributed by atoms with Crippen LogP contribution < -0.4 is 5.32 Å². The Morgan fingerprint density at radius 2 is 1.61 bits per heavy atom. The second-order valence-electron chi connectivity index (χ2n) is 3.80. The zero-order valence-electron chi connectivity index (χ0n) is 10.5. The lowest BCUT2D eigenvalue weighted by atomic mass is 10.4. The molecule has 0 unspecified atom stereocenters. The van der Waals surface area contributed by atoms with Crippen molar-refractivity contribution in [3.05, 3.63) is 0 Å². The number of amides is 2. The van der Waals surface area contributed by atoms with Gasteiger partial charge in [0.05, 0.1) is 0 Å². The molecule has 0 aromatic heterocycles. The summed E-state index contributed by atoms with van der Waals surface area (Å²) in [5.41, 5.74) is 0. The van der Waals surface area contributed by atoms with Crippen molar-refractivity contribution in [2.75, 3.05) is 40.3 Å². The Morgan fingerprint density at radius 1 is 1.11 bits per heavy atom. The quantitative estimate of drug-likeness (QED) is 0.489. The van der Waals surface area contributed by atoms with Gasteiger partial charge in [-0.1, -0.05) is 0 Å². The smallest absolute Gasteiger partial charge is 0.323 e. The molecule has 0 aromatic rings. The Bertz CT molecular complexity index is 292. The molecule has 0 heterocycles. The average molecular weight is 261 g/mol. The average Bonchev–Trinajstić information content (AvgIpc) is 2.26. The predicted octanol–water partition coefficient (Wildman–Crippen LogP) is -0.881. The zero-order chi connectivity index (χ0) is 14.1. The van der Waals surface area contributed by atoms with Crippen LogP contribution in [0.1, 0.15) is 6.42 Å². The molecule has 0 aromatic carbocycles. The van der Waals surface area contributed by atoms with Crippen molar-refractivity contribution in [2.24, 2.45) is 0 Å². The topological polar surface area (TPSA) is 110 Å². The van der Waals surface area contributed by atoms with E-state index in [9.17, 15) is 14.4 Å². The van der Waals surface area contributed by atoms with E-state index in [4.69, 9.17) is 10.2 Å². The molecule has 8 nitrogen and oxygen atoms in total. The van der Waals surface area contributed by atoms with E-state index in [1.54, 1.807) is 7.05 Å². The second kappa shape index (κ2) is 8.29. The molecule has 0 rings (SSSR count). The van der Waals surface area contributed by atoms with Gasteiger partial charge in [0.15, 0.2) is 0 Å². The SMILES string of the molecule is CNCCCN(C)C(=O)N(CC(=O)O)CC(=O)O. The molecule has 0 aliphatic heterocycles. The lowest BCUT2D eigenvalue weighted by Crippen LogP contribution is -2.46. The summed E-state index contributed by atoms with van der Waals surface area (Å²) in [4.78, 5) is 35.0. The Balaban J connectivity index is 4.42. The standard InChI is InChI=1S/C10H19N3O5/c1-11-4-3-5-12(2)10(18)13(6-8(14)15)7-9(16)17/h11H,3-7H2,1-2H3,(H,14,15)(H,16,17). The highest BCUT2D eigenvalue weighted by molar-refractivity contribution is 5.84. The Hall–Kier alpha value is -1.83. The number of carbonyl (C=O) groups is 3. The molecule has 0 atom stereocenters. The highest BCUT2D eigenvalue weighted by atomic mass is 16.4. The van der Waals surface area contributed by atoms with E-state index in [1.807, 2.05) is 0 Å². The minimum Gasteiger partial charge on any atom is -0.480 e. The maximum absolute atomic E-state index is 11.8. The van der Waals surface area contributed by atoms with Crippen LogP contribution in [-0.2, 0) is 9.59 Å². The summed E-state index contributed by atoms with van der Waals surface area (Å²) in [7, 11) is 3.29. The van der Waals surface area contributed by atoms with E-state index in [1.165, 1.54) is 11.9 Å². The summed E-state index contributed by atoms with van der Waals surface area (Å²) in [6.45, 7) is -0.103. The summed E-state index contributed by atoms with van der Waals surface area (Å²) in [5.74, 6) is -2.48. The van der Waals surface area contributed by atoms with Crippen LogP contribution in [0.4, 0.5) is 4.79 Å². The molecule has 0 aliphatic carbocycles. The molecule has 0 fully saturated rings. The first-order valence-corrected chi connectivity index (χ1v) is 5.46. The fraction of sp³-hybridized carbons (Fsp3) is 0.700. The van der Waals surface area contributed by atoms with Crippen LogP contribution in [-0.4, -0.2) is 78.3 Å². The molecule has 0 saturated carbocycles. The van der Waals surface area contributed by atoms with Crippen LogP contribution in [0.15, 0.2) is 0 Å². The van der Waals surface area contributed by atoms with Crippen LogP contribution in [0, 0.1) is 0 Å². The maximum Gasteiger partial charge on any atom is 0.323 e. The predicted molar refractivity (Wildman–Crippen MR) is 63.4 cm³/mol. The van der Waals surface area contributed by atoms with Crippen molar-refractivity contribution >= 4 is 18.0 Å². The third kappa shape index (κ3) is 6.69. The molecular formula is C10H19N3O5. The van der Waals surface area contributed by atoms with Crippen molar-refractivity contribution in [3.8, 4) is 0 Å². The zero-order valence-corrected chi connectivity index (χ0v) is 10.5. The van der Waals surface area contributed by atoms with Gasteiger partial charge in [-0.3, -0.25) is 9.59 Å². The number of nitrogens with zero attached hydrogens (tertiary/aromatic N) is 2. The summed E-state index contributed by atoms with van der Waals surface area (Å²) >= 11 is 0. The largest absolute Gasteiger partial charge is 0.480 e. The first-order chi connectivity index (χ1) is 8.38. The summed E-state index contributed by atoms with van der Waals surface area (Å²) < 4.78 is 0. The molecule has 0 radical (unpaired) electrons. The third-order valence-electron chi connectivity index (χ3n) is 2.17. The van der Waals surface area contributed by atoms with Crippen molar-refractivity contribution in [2.45, 2.75) is 6.42 Å². The lowest BCUT2D eigenvalue weighted by Gasteiger charge is -2.25. The Kier molecular flexibility index (Phi) is 7.45. The molecule has 0 aliphatic rings. The van der Waals surface area contributed by atoms with Crippen LogP contribution in [0.3, 0.4) is 0 Å². The van der Waals surface area contributed by atoms with Gasteiger partial charge in [0.2, 0.25) is 0 Å². The third-order valence-corrected chi connectivity index (χ3v) is 2.17. The minimum absolute atomic E-state index is 0.426. The molecule has 8 heteroatoms. The van der Waals surface area contributed by atoms with E-state index in [0.29, 0.717) is 13.0 Å². The lowest BCUT2D eigenvalue weighted by molar-refractivity contribution is -0.140. The normalized spacial score (nSPS) is 9.89. The van der Waals surface area contributed by atoms with Crippen molar-refractivity contribution in [3.63, 3.8) is 0 Å². The van der Waals surface area contributed by atoms with Crippen LogP contribution >= 0.6 is 0 Å². The molecule has 3 N–H and O–H groups in total. The molecule has 0 saturated heterocycles. The van der Waals surface area contributed by atoms with Gasteiger partial charge in [0.1, 0.15) is 13.1 Å². The van der Waals surface area contributed by atoms with Gasteiger partial charge in [-0.2, -0.15) is 0 Å². The van der Waals surface area contributed by atoms with Gasteiger partial charge in [0, 0.05) is 13.6 Å². The van der Waals surface area contributed by atoms with Gasteiger partial charge in [-0.05, 0) is 20.0 Å². The van der Waals surface area contributed by atoms with Gasteiger partial charge < -0.3 is 25.3 Å². The van der Waals surface area contributed by atoms with Crippen LogP contribution in [0.2, 0.25) is 0 Å². The fourth-order valence-electron chi connectivity index (χ4n) is 1.35. The van der Waals surface area contributed by atoms with Crippen LogP contribution in [0.5, 0.6) is 0 Å². The first kappa shape index (κ1) is 16.2. The number of hydrogen-bond acceptors (Lipinski definition) is 4. The number of rotatable bonds is 8. The number of carboxylic acid groups (broad SMARTS) is 2. The van der Waals surface area contributed by atoms with E-state index in [2.05, 4.69) is 5.32 Å². The molecule has 104 valence electrons. The number of urea groups is 1. The summed E-state index contributed by atoms with van der Waals surface area (Å²) in [6.07, 6.45) is 0.701. The molecule has 0 spiro atoms. The number of carbonyl (C=O) groups excluding carboxylic acids is 1. The van der Waals surface area contributed by atoms with Crippen LogP contribution in [0.25, 0.3) is 0 Å². The van der Waals surface area contributed by atoms with Gasteiger partial charge in [0.25, 0.3) is 0 Å². The molecular weight excluding hydrogens is 242 g/mol. The van der Waals surface area contributed by atoms with Crippen molar-refractivity contribution in [1.82, 2.24) is 15.1 Å². The molecule has 18 heavy (non-hydrogen) atoms.